The minimum atomic E-state index is -0.503. The quantitative estimate of drug-likeness (QED) is 0.399. The highest BCUT2D eigenvalue weighted by molar-refractivity contribution is 8.00. The average Bonchev–Trinajstić information content (AvgIpc) is 2.75. The zero-order valence-corrected chi connectivity index (χ0v) is 17.8. The molecule has 0 spiro atoms. The van der Waals surface area contributed by atoms with E-state index in [1.54, 1.807) is 19.1 Å². The molecule has 1 saturated carbocycles. The lowest BCUT2D eigenvalue weighted by Crippen LogP contribution is -2.35. The molecule has 8 heteroatoms. The van der Waals surface area contributed by atoms with Gasteiger partial charge in [-0.1, -0.05) is 31.4 Å². The molecule has 0 unspecified atom stereocenters. The fourth-order valence-corrected chi connectivity index (χ4v) is 4.12. The van der Waals surface area contributed by atoms with Crippen LogP contribution in [0, 0.1) is 5.92 Å². The van der Waals surface area contributed by atoms with Crippen LogP contribution < -0.4 is 16.0 Å². The molecule has 2 rings (SSSR count). The molecule has 160 valence electrons. The van der Waals surface area contributed by atoms with Crippen LogP contribution in [0.1, 0.15) is 49.4 Å². The molecule has 1 fully saturated rings. The van der Waals surface area contributed by atoms with Crippen LogP contribution in [0.5, 0.6) is 0 Å². The monoisotopic (exact) mass is 421 g/mol. The first-order chi connectivity index (χ1) is 14.1. The number of hydrogen-bond donors (Lipinski definition) is 3. The molecule has 3 N–H and O–H groups in total. The minimum absolute atomic E-state index is 0.00517. The van der Waals surface area contributed by atoms with Crippen molar-refractivity contribution in [1.82, 2.24) is 16.0 Å². The van der Waals surface area contributed by atoms with Gasteiger partial charge in [0.15, 0.2) is 0 Å². The van der Waals surface area contributed by atoms with Gasteiger partial charge < -0.3 is 20.7 Å². The maximum absolute atomic E-state index is 12.4. The van der Waals surface area contributed by atoms with Gasteiger partial charge in [-0.25, -0.2) is 4.79 Å². The molecule has 1 aliphatic rings. The van der Waals surface area contributed by atoms with Crippen LogP contribution in [-0.2, 0) is 9.53 Å². The van der Waals surface area contributed by atoms with Crippen LogP contribution in [0.2, 0.25) is 0 Å². The number of carbonyl (C=O) groups is 3. The zero-order chi connectivity index (χ0) is 20.9. The van der Waals surface area contributed by atoms with Crippen LogP contribution in [0.25, 0.3) is 0 Å². The average molecular weight is 422 g/mol. The van der Waals surface area contributed by atoms with Crippen LogP contribution in [-0.4, -0.2) is 49.9 Å². The van der Waals surface area contributed by atoms with Crippen molar-refractivity contribution in [2.75, 3.05) is 32.0 Å². The maximum Gasteiger partial charge on any atom is 0.407 e. The molecule has 0 atom stereocenters. The molecule has 0 bridgehead atoms. The summed E-state index contributed by atoms with van der Waals surface area (Å²) in [5, 5.41) is 8.34. The Balaban J connectivity index is 1.74. The van der Waals surface area contributed by atoms with Gasteiger partial charge in [-0.05, 0) is 37.8 Å². The Morgan fingerprint density at radius 2 is 1.76 bits per heavy atom. The number of thioether (sulfide) groups is 1. The summed E-state index contributed by atoms with van der Waals surface area (Å²) in [5.74, 6) is 0.635. The second kappa shape index (κ2) is 13.1. The van der Waals surface area contributed by atoms with E-state index in [0.29, 0.717) is 24.6 Å². The van der Waals surface area contributed by atoms with E-state index in [-0.39, 0.29) is 24.1 Å². The van der Waals surface area contributed by atoms with Gasteiger partial charge in [0.1, 0.15) is 0 Å². The largest absolute Gasteiger partial charge is 0.450 e. The molecule has 0 radical (unpaired) electrons. The number of rotatable bonds is 10. The van der Waals surface area contributed by atoms with Gasteiger partial charge in [-0.3, -0.25) is 9.59 Å². The van der Waals surface area contributed by atoms with Gasteiger partial charge in [0.05, 0.1) is 17.9 Å². The van der Waals surface area contributed by atoms with Crippen molar-refractivity contribution in [2.24, 2.45) is 5.92 Å². The summed E-state index contributed by atoms with van der Waals surface area (Å²) in [6.07, 6.45) is 5.71. The third-order valence-electron chi connectivity index (χ3n) is 4.76. The Morgan fingerprint density at radius 1 is 1.03 bits per heavy atom. The second-order valence-corrected chi connectivity index (χ2v) is 8.01. The lowest BCUT2D eigenvalue weighted by atomic mass is 9.89. The Hall–Kier alpha value is -2.22. The first kappa shape index (κ1) is 23.1. The third kappa shape index (κ3) is 8.77. The maximum atomic E-state index is 12.4. The molecule has 1 aromatic rings. The summed E-state index contributed by atoms with van der Waals surface area (Å²) < 4.78 is 4.76. The van der Waals surface area contributed by atoms with Crippen molar-refractivity contribution in [3.05, 3.63) is 29.8 Å². The zero-order valence-electron chi connectivity index (χ0n) is 17.0. The number of hydrogen-bond acceptors (Lipinski definition) is 5. The number of nitrogens with one attached hydrogen (secondary N) is 3. The molecule has 7 nitrogen and oxygen atoms in total. The normalized spacial score (nSPS) is 14.1. The predicted octanol–water partition coefficient (Wildman–Crippen LogP) is 2.95. The molecular weight excluding hydrogens is 390 g/mol. The summed E-state index contributed by atoms with van der Waals surface area (Å²) in [4.78, 5) is 36.6. The van der Waals surface area contributed by atoms with E-state index in [1.165, 1.54) is 43.9 Å². The summed E-state index contributed by atoms with van der Waals surface area (Å²) in [7, 11) is 0. The van der Waals surface area contributed by atoms with E-state index in [9.17, 15) is 14.4 Å². The van der Waals surface area contributed by atoms with Gasteiger partial charge >= 0.3 is 6.09 Å². The van der Waals surface area contributed by atoms with Gasteiger partial charge in [-0.15, -0.1) is 11.8 Å². The van der Waals surface area contributed by atoms with Gasteiger partial charge in [0.25, 0.3) is 5.91 Å². The standard InChI is InChI=1S/C21H31N3O4S/c1-2-28-21(27)23-13-12-22-20(26)17-10-6-7-11-18(17)29-15-19(25)24-14-16-8-4-3-5-9-16/h6-7,10-11,16H,2-5,8-9,12-15H2,1H3,(H,22,26)(H,23,27)(H,24,25). The predicted molar refractivity (Wildman–Crippen MR) is 114 cm³/mol. The number of benzene rings is 1. The van der Waals surface area contributed by atoms with Gasteiger partial charge in [0, 0.05) is 24.5 Å². The van der Waals surface area contributed by atoms with Crippen LogP contribution >= 0.6 is 11.8 Å². The highest BCUT2D eigenvalue weighted by Gasteiger charge is 2.16. The van der Waals surface area contributed by atoms with E-state index in [0.717, 1.165) is 11.4 Å². The highest BCUT2D eigenvalue weighted by atomic mass is 32.2. The molecule has 0 heterocycles. The van der Waals surface area contributed by atoms with E-state index < -0.39 is 6.09 Å². The van der Waals surface area contributed by atoms with E-state index >= 15 is 0 Å². The van der Waals surface area contributed by atoms with Crippen LogP contribution in [0.4, 0.5) is 4.79 Å². The fraction of sp³-hybridized carbons (Fsp3) is 0.571. The number of carbonyl (C=O) groups excluding carboxylic acids is 3. The van der Waals surface area contributed by atoms with Crippen molar-refractivity contribution in [2.45, 2.75) is 43.9 Å². The lowest BCUT2D eigenvalue weighted by Gasteiger charge is -2.21. The first-order valence-corrected chi connectivity index (χ1v) is 11.3. The van der Waals surface area contributed by atoms with E-state index in [1.807, 2.05) is 12.1 Å². The fourth-order valence-electron chi connectivity index (χ4n) is 3.24. The van der Waals surface area contributed by atoms with Crippen molar-refractivity contribution in [3.63, 3.8) is 0 Å². The number of alkyl carbamates (subject to hydrolysis) is 1. The molecule has 0 saturated heterocycles. The van der Waals surface area contributed by atoms with Crippen molar-refractivity contribution >= 4 is 29.7 Å². The molecule has 0 aromatic heterocycles. The number of amides is 3. The van der Waals surface area contributed by atoms with Gasteiger partial charge in [0.2, 0.25) is 5.91 Å². The summed E-state index contributed by atoms with van der Waals surface area (Å²) in [6.45, 7) is 3.35. The van der Waals surface area contributed by atoms with Crippen molar-refractivity contribution < 1.29 is 19.1 Å². The molecule has 1 aromatic carbocycles. The van der Waals surface area contributed by atoms with Gasteiger partial charge in [-0.2, -0.15) is 0 Å². The molecular formula is C21H31N3O4S. The highest BCUT2D eigenvalue weighted by Crippen LogP contribution is 2.24. The summed E-state index contributed by atoms with van der Waals surface area (Å²) in [5.41, 5.74) is 0.522. The van der Waals surface area contributed by atoms with Crippen LogP contribution in [0.15, 0.2) is 29.2 Å². The summed E-state index contributed by atoms with van der Waals surface area (Å²) >= 11 is 1.36. The van der Waals surface area contributed by atoms with Crippen molar-refractivity contribution in [1.29, 1.82) is 0 Å². The lowest BCUT2D eigenvalue weighted by molar-refractivity contribution is -0.118. The molecule has 1 aliphatic carbocycles. The smallest absolute Gasteiger partial charge is 0.407 e. The van der Waals surface area contributed by atoms with E-state index in [2.05, 4.69) is 16.0 Å². The Morgan fingerprint density at radius 3 is 2.52 bits per heavy atom. The van der Waals surface area contributed by atoms with Crippen LogP contribution in [0.3, 0.4) is 0 Å². The number of ether oxygens (including phenoxy) is 1. The Labute approximate surface area is 176 Å². The molecule has 3 amide bonds. The third-order valence-corrected chi connectivity index (χ3v) is 5.83. The van der Waals surface area contributed by atoms with E-state index in [4.69, 9.17) is 4.74 Å². The summed E-state index contributed by atoms with van der Waals surface area (Å²) in [6, 6.07) is 7.21. The molecule has 0 aliphatic heterocycles. The first-order valence-electron chi connectivity index (χ1n) is 10.3. The Kier molecular flexibility index (Phi) is 10.4. The topological polar surface area (TPSA) is 96.5 Å². The molecule has 29 heavy (non-hydrogen) atoms. The van der Waals surface area contributed by atoms with Crippen molar-refractivity contribution in [3.8, 4) is 0 Å². The minimum Gasteiger partial charge on any atom is -0.450 e. The second-order valence-electron chi connectivity index (χ2n) is 7.00. The SMILES string of the molecule is CCOC(=O)NCCNC(=O)c1ccccc1SCC(=O)NCC1CCCCC1. The Bertz CT molecular complexity index is 678.